The quantitative estimate of drug-likeness (QED) is 0.0275. The third-order valence-corrected chi connectivity index (χ3v) is 12.1. The molecule has 0 unspecified atom stereocenters. The fraction of sp³-hybridized carbons (Fsp3) is 0.200. The summed E-state index contributed by atoms with van der Waals surface area (Å²) in [7, 11) is 0. The molecule has 0 amide bonds. The number of carbonyl (C=O) groups is 1. The molecule has 0 aliphatic heterocycles. The Hall–Kier alpha value is -8.11. The molecular formula is C50H27BF24N4O2. The van der Waals surface area contributed by atoms with Crippen LogP contribution in [0.15, 0.2) is 145 Å². The Bertz CT molecular complexity index is 3060. The van der Waals surface area contributed by atoms with Gasteiger partial charge >= 0.3 is 55.4 Å². The smallest absolute Gasteiger partial charge is 0.416 e. The van der Waals surface area contributed by atoms with Crippen molar-refractivity contribution < 1.29 is 119 Å². The molecule has 0 bridgehead atoms. The highest BCUT2D eigenvalue weighted by Gasteiger charge is 2.47. The molecule has 6 nitrogen and oxygen atoms in total. The third kappa shape index (κ3) is 14.3. The van der Waals surface area contributed by atoms with E-state index in [0.717, 1.165) is 16.5 Å². The molecule has 0 saturated carbocycles. The summed E-state index contributed by atoms with van der Waals surface area (Å²) in [6, 6.07) is 12.5. The molecule has 6 aromatic carbocycles. The number of pyridine rings is 1. The van der Waals surface area contributed by atoms with Gasteiger partial charge in [-0.05, 0) is 41.9 Å². The van der Waals surface area contributed by atoms with Crippen LogP contribution in [0, 0.1) is 0 Å². The molecule has 81 heavy (non-hydrogen) atoms. The standard InChI is InChI=1S/C32H12BF24.C18H15N4O2/c34-25(35,36)13-1-14(26(37,38)39)6-21(5-13)33(22-7-15(27(40,41)42)2-16(8-22)28(43,44)45,23-9-17(29(46,47)48)3-18(10-23)30(49,50)51)24-11-19(31(52,53)54)4-20(12-24)32(55,56)57;19-21-20-13-24-18(23)17-11-10-15-8-4-5-9-16(15)22(17)12-14-6-2-1-3-7-14/h1-12H;1-11H,12-13H2/q-1;+1. The average molecular weight is 1180 g/mol. The minimum atomic E-state index is -6.13. The van der Waals surface area contributed by atoms with Crippen LogP contribution in [-0.2, 0) is 60.7 Å². The van der Waals surface area contributed by atoms with Crippen LogP contribution in [-0.4, -0.2) is 18.8 Å². The van der Waals surface area contributed by atoms with Gasteiger partial charge in [0.05, 0.1) is 44.5 Å². The first-order valence-electron chi connectivity index (χ1n) is 22.0. The lowest BCUT2D eigenvalue weighted by atomic mass is 9.12. The summed E-state index contributed by atoms with van der Waals surface area (Å²) in [4.78, 5) is 14.9. The van der Waals surface area contributed by atoms with Crippen LogP contribution in [0.25, 0.3) is 21.3 Å². The topological polar surface area (TPSA) is 78.9 Å². The number of ether oxygens (including phenoxy) is 1. The van der Waals surface area contributed by atoms with Crippen LogP contribution < -0.4 is 26.4 Å². The van der Waals surface area contributed by atoms with Crippen LogP contribution in [0.3, 0.4) is 0 Å². The molecular weight excluding hydrogens is 1160 g/mol. The first kappa shape index (κ1) is 62.1. The second-order valence-electron chi connectivity index (χ2n) is 17.4. The number of aromatic nitrogens is 1. The Morgan fingerprint density at radius 1 is 0.420 bits per heavy atom. The average Bonchev–Trinajstić information content (AvgIpc) is 3.56. The molecule has 0 atom stereocenters. The molecule has 7 rings (SSSR count). The van der Waals surface area contributed by atoms with Gasteiger partial charge < -0.3 is 4.74 Å². The van der Waals surface area contributed by atoms with Gasteiger partial charge in [-0.25, -0.2) is 4.79 Å². The Morgan fingerprint density at radius 2 is 0.716 bits per heavy atom. The molecule has 31 heteroatoms. The van der Waals surface area contributed by atoms with E-state index in [4.69, 9.17) is 10.3 Å². The lowest BCUT2D eigenvalue weighted by Gasteiger charge is -2.46. The number of carbonyl (C=O) groups excluding carboxylic acids is 1. The number of halogens is 24. The van der Waals surface area contributed by atoms with Crippen molar-refractivity contribution in [2.45, 2.75) is 56.0 Å². The number of alkyl halides is 24. The lowest BCUT2D eigenvalue weighted by Crippen LogP contribution is -2.75. The highest BCUT2D eigenvalue weighted by Crippen LogP contribution is 2.41. The Kier molecular flexibility index (Phi) is 16.9. The molecule has 0 fully saturated rings. The molecule has 1 heterocycles. The molecule has 0 saturated heterocycles. The van der Waals surface area contributed by atoms with Crippen LogP contribution in [0.5, 0.6) is 0 Å². The number of hydrogen-bond donors (Lipinski definition) is 0. The van der Waals surface area contributed by atoms with Crippen LogP contribution >= 0.6 is 0 Å². The van der Waals surface area contributed by atoms with Crippen molar-refractivity contribution in [3.63, 3.8) is 0 Å². The number of benzene rings is 6. The molecule has 0 spiro atoms. The Morgan fingerprint density at radius 3 is 1.01 bits per heavy atom. The normalized spacial score (nSPS) is 13.1. The predicted octanol–water partition coefficient (Wildman–Crippen LogP) is 14.8. The number of azide groups is 1. The van der Waals surface area contributed by atoms with E-state index < -0.39 is 201 Å². The molecule has 7 aromatic rings. The van der Waals surface area contributed by atoms with E-state index in [-0.39, 0.29) is 6.73 Å². The second kappa shape index (κ2) is 22.1. The maximum atomic E-state index is 14.2. The summed E-state index contributed by atoms with van der Waals surface area (Å²) in [5.41, 5.74) is -19.5. The van der Waals surface area contributed by atoms with Gasteiger partial charge in [0.1, 0.15) is 6.15 Å². The van der Waals surface area contributed by atoms with E-state index in [1.165, 1.54) is 0 Å². The van der Waals surface area contributed by atoms with Crippen molar-refractivity contribution in [2.75, 3.05) is 6.73 Å². The number of nitrogens with zero attached hydrogens (tertiary/aromatic N) is 4. The number of esters is 1. The summed E-state index contributed by atoms with van der Waals surface area (Å²) in [5.74, 6) is -0.524. The van der Waals surface area contributed by atoms with Gasteiger partial charge in [0.15, 0.2) is 13.3 Å². The van der Waals surface area contributed by atoms with Crippen LogP contribution in [0.1, 0.15) is 60.6 Å². The molecule has 430 valence electrons. The molecule has 1 aromatic heterocycles. The van der Waals surface area contributed by atoms with E-state index in [1.807, 2.05) is 65.2 Å². The Balaban J connectivity index is 0.000000363. The maximum absolute atomic E-state index is 14.2. The van der Waals surface area contributed by atoms with E-state index >= 15 is 0 Å². The largest absolute Gasteiger partial charge is 0.452 e. The van der Waals surface area contributed by atoms with Gasteiger partial charge in [-0.1, -0.05) is 96.1 Å². The number of para-hydroxylation sites is 1. The zero-order valence-corrected chi connectivity index (χ0v) is 39.4. The van der Waals surface area contributed by atoms with E-state index in [9.17, 15) is 110 Å². The van der Waals surface area contributed by atoms with Gasteiger partial charge in [-0.3, -0.25) is 0 Å². The van der Waals surface area contributed by atoms with Crippen molar-refractivity contribution in [3.05, 3.63) is 206 Å². The van der Waals surface area contributed by atoms with Gasteiger partial charge in [-0.15, -0.1) is 0 Å². The number of rotatable bonds is 9. The van der Waals surface area contributed by atoms with Crippen LogP contribution in [0.2, 0.25) is 0 Å². The zero-order chi connectivity index (χ0) is 60.7. The zero-order valence-electron chi connectivity index (χ0n) is 39.4. The first-order chi connectivity index (χ1) is 37.1. The minimum Gasteiger partial charge on any atom is -0.452 e. The van der Waals surface area contributed by atoms with Gasteiger partial charge in [0.25, 0.3) is 5.69 Å². The van der Waals surface area contributed by atoms with Crippen molar-refractivity contribution >= 4 is 44.9 Å². The predicted molar refractivity (Wildman–Crippen MR) is 239 cm³/mol. The van der Waals surface area contributed by atoms with E-state index in [2.05, 4.69) is 10.0 Å². The van der Waals surface area contributed by atoms with Crippen molar-refractivity contribution in [1.82, 2.24) is 0 Å². The molecule has 0 aliphatic carbocycles. The van der Waals surface area contributed by atoms with Crippen LogP contribution in [0.4, 0.5) is 105 Å². The minimum absolute atomic E-state index is 0.326. The second-order valence-corrected chi connectivity index (χ2v) is 17.4. The highest BCUT2D eigenvalue weighted by atomic mass is 19.4. The van der Waals surface area contributed by atoms with Gasteiger partial charge in [0.2, 0.25) is 5.52 Å². The fourth-order valence-corrected chi connectivity index (χ4v) is 8.64. The summed E-state index contributed by atoms with van der Waals surface area (Å²) < 4.78 is 348. The van der Waals surface area contributed by atoms with E-state index in [1.54, 1.807) is 6.07 Å². The summed E-state index contributed by atoms with van der Waals surface area (Å²) in [6.45, 7) is 0.210. The molecule has 0 radical (unpaired) electrons. The fourth-order valence-electron chi connectivity index (χ4n) is 8.64. The number of fused-ring (bicyclic) bond motifs is 1. The van der Waals surface area contributed by atoms with Gasteiger partial charge in [-0.2, -0.15) is 132 Å². The SMILES string of the molecule is FC(F)(F)c1cc([B-](c2cc(C(F)(F)F)cc(C(F)(F)F)c2)(c2cc(C(F)(F)F)cc(C(F)(F)F)c2)c2cc(C(F)(F)F)cc(C(F)(F)F)c2)cc(C(F)(F)F)c1.[N-]=[N+]=NCOC(=O)c1ccc2ccccc2[n+]1Cc1ccccc1. The lowest BCUT2D eigenvalue weighted by molar-refractivity contribution is -0.665. The van der Waals surface area contributed by atoms with Crippen molar-refractivity contribution in [3.8, 4) is 0 Å². The van der Waals surface area contributed by atoms with Crippen molar-refractivity contribution in [1.29, 1.82) is 0 Å². The third-order valence-electron chi connectivity index (χ3n) is 12.1. The molecule has 0 aliphatic rings. The monoisotopic (exact) mass is 1180 g/mol. The summed E-state index contributed by atoms with van der Waals surface area (Å²) in [6.07, 6.45) is -54.8. The number of hydrogen-bond acceptors (Lipinski definition) is 3. The van der Waals surface area contributed by atoms with Crippen molar-refractivity contribution in [2.24, 2.45) is 5.11 Å². The van der Waals surface area contributed by atoms with E-state index in [0.29, 0.717) is 12.2 Å². The molecule has 0 N–H and O–H groups in total. The van der Waals surface area contributed by atoms with Gasteiger partial charge in [0, 0.05) is 28.0 Å². The first-order valence-corrected chi connectivity index (χ1v) is 22.0. The summed E-state index contributed by atoms with van der Waals surface area (Å²) >= 11 is 0. The maximum Gasteiger partial charge on any atom is 0.416 e. The Labute approximate surface area is 437 Å². The highest BCUT2D eigenvalue weighted by molar-refractivity contribution is 7.20. The summed E-state index contributed by atoms with van der Waals surface area (Å²) in [5, 5.41) is 4.27.